The number of carbonyl (C=O) groups is 2. The molecule has 0 radical (unpaired) electrons. The number of rotatable bonds is 5. The van der Waals surface area contributed by atoms with Crippen molar-refractivity contribution in [3.63, 3.8) is 0 Å². The quantitative estimate of drug-likeness (QED) is 0.516. The summed E-state index contributed by atoms with van der Waals surface area (Å²) in [6.45, 7) is 4.95. The predicted octanol–water partition coefficient (Wildman–Crippen LogP) is 4.78. The lowest BCUT2D eigenvalue weighted by Gasteiger charge is -2.20. The first-order chi connectivity index (χ1) is 17.4. The minimum absolute atomic E-state index is 0.0917. The molecule has 2 N–H and O–H groups in total. The molecule has 6 heteroatoms. The molecular formula is C30H32N4O2. The van der Waals surface area contributed by atoms with Crippen molar-refractivity contribution in [2.24, 2.45) is 0 Å². The minimum Gasteiger partial charge on any atom is -0.358 e. The lowest BCUT2D eigenvalue weighted by Crippen LogP contribution is -2.25. The van der Waals surface area contributed by atoms with Crippen LogP contribution in [-0.2, 0) is 24.2 Å². The standard InChI is InChI=1S/C30H32N4O2/c1-20(28-26-18-24(30(36)33(2)3)10-13-27(26)32-29(28)35)31-25-11-8-21(9-12-25)19-34-16-14-22-6-4-5-7-23(22)15-17-34/h4-13,18,31H,14-17,19H2,1-3H3,(H,32,35). The van der Waals surface area contributed by atoms with Crippen LogP contribution in [0.5, 0.6) is 0 Å². The lowest BCUT2D eigenvalue weighted by atomic mass is 10.0. The van der Waals surface area contributed by atoms with E-state index in [2.05, 4.69) is 64.1 Å². The highest BCUT2D eigenvalue weighted by Crippen LogP contribution is 2.35. The van der Waals surface area contributed by atoms with E-state index in [4.69, 9.17) is 0 Å². The third-order valence-electron chi connectivity index (χ3n) is 7.00. The Morgan fingerprint density at radius 1 is 0.972 bits per heavy atom. The zero-order valence-corrected chi connectivity index (χ0v) is 21.1. The van der Waals surface area contributed by atoms with Crippen molar-refractivity contribution in [2.75, 3.05) is 37.8 Å². The van der Waals surface area contributed by atoms with Crippen LogP contribution in [0.15, 0.2) is 72.4 Å². The van der Waals surface area contributed by atoms with Crippen molar-refractivity contribution in [1.82, 2.24) is 9.80 Å². The summed E-state index contributed by atoms with van der Waals surface area (Å²) >= 11 is 0. The van der Waals surface area contributed by atoms with Crippen molar-refractivity contribution >= 4 is 28.8 Å². The van der Waals surface area contributed by atoms with E-state index in [0.29, 0.717) is 11.1 Å². The van der Waals surface area contributed by atoms with Gasteiger partial charge in [-0.15, -0.1) is 0 Å². The molecule has 0 unspecified atom stereocenters. The summed E-state index contributed by atoms with van der Waals surface area (Å²) in [5.41, 5.74) is 8.48. The third-order valence-corrected chi connectivity index (χ3v) is 7.00. The molecule has 0 fully saturated rings. The highest BCUT2D eigenvalue weighted by Gasteiger charge is 2.27. The first-order valence-electron chi connectivity index (χ1n) is 12.4. The topological polar surface area (TPSA) is 64.7 Å². The molecule has 2 aliphatic heterocycles. The average molecular weight is 481 g/mol. The van der Waals surface area contributed by atoms with Crippen LogP contribution in [0, 0.1) is 0 Å². The normalized spacial score (nSPS) is 16.5. The maximum Gasteiger partial charge on any atom is 0.258 e. The summed E-state index contributed by atoms with van der Waals surface area (Å²) in [7, 11) is 3.44. The Morgan fingerprint density at radius 3 is 2.28 bits per heavy atom. The zero-order chi connectivity index (χ0) is 25.2. The van der Waals surface area contributed by atoms with E-state index in [-0.39, 0.29) is 11.8 Å². The van der Waals surface area contributed by atoms with Gasteiger partial charge in [-0.25, -0.2) is 0 Å². The first-order valence-corrected chi connectivity index (χ1v) is 12.4. The number of allylic oxidation sites excluding steroid dienone is 1. The molecule has 0 aromatic heterocycles. The summed E-state index contributed by atoms with van der Waals surface area (Å²) in [6.07, 6.45) is 2.18. The van der Waals surface area contributed by atoms with Crippen molar-refractivity contribution in [3.8, 4) is 0 Å². The van der Waals surface area contributed by atoms with Crippen LogP contribution in [0.3, 0.4) is 0 Å². The van der Waals surface area contributed by atoms with Gasteiger partial charge >= 0.3 is 0 Å². The molecule has 184 valence electrons. The Labute approximate surface area is 212 Å². The second-order valence-corrected chi connectivity index (χ2v) is 9.78. The van der Waals surface area contributed by atoms with E-state index in [1.54, 1.807) is 32.3 Å². The molecule has 36 heavy (non-hydrogen) atoms. The van der Waals surface area contributed by atoms with Crippen molar-refractivity contribution in [3.05, 3.63) is 100 Å². The molecule has 2 amide bonds. The summed E-state index contributed by atoms with van der Waals surface area (Å²) in [6, 6.07) is 22.5. The van der Waals surface area contributed by atoms with E-state index in [1.807, 2.05) is 6.92 Å². The van der Waals surface area contributed by atoms with E-state index >= 15 is 0 Å². The Morgan fingerprint density at radius 2 is 1.64 bits per heavy atom. The number of fused-ring (bicyclic) bond motifs is 2. The molecule has 2 heterocycles. The third kappa shape index (κ3) is 4.90. The smallest absolute Gasteiger partial charge is 0.258 e. The van der Waals surface area contributed by atoms with Gasteiger partial charge in [-0.3, -0.25) is 14.5 Å². The second-order valence-electron chi connectivity index (χ2n) is 9.78. The molecule has 0 aliphatic carbocycles. The van der Waals surface area contributed by atoms with Crippen LogP contribution in [0.25, 0.3) is 5.57 Å². The molecule has 0 saturated carbocycles. The van der Waals surface area contributed by atoms with Crippen LogP contribution in [-0.4, -0.2) is 48.8 Å². The summed E-state index contributed by atoms with van der Waals surface area (Å²) in [5.74, 6) is -0.255. The van der Waals surface area contributed by atoms with E-state index in [1.165, 1.54) is 21.6 Å². The monoisotopic (exact) mass is 480 g/mol. The molecule has 2 aliphatic rings. The van der Waals surface area contributed by atoms with Gasteiger partial charge in [0.2, 0.25) is 0 Å². The zero-order valence-electron chi connectivity index (χ0n) is 21.1. The molecule has 0 atom stereocenters. The number of carbonyl (C=O) groups excluding carboxylic acids is 2. The van der Waals surface area contributed by atoms with Crippen molar-refractivity contribution in [2.45, 2.75) is 26.3 Å². The predicted molar refractivity (Wildman–Crippen MR) is 145 cm³/mol. The van der Waals surface area contributed by atoms with Gasteiger partial charge in [0.25, 0.3) is 11.8 Å². The fourth-order valence-electron chi connectivity index (χ4n) is 5.03. The van der Waals surface area contributed by atoms with Crippen LogP contribution < -0.4 is 10.6 Å². The average Bonchev–Trinajstić information content (AvgIpc) is 3.07. The highest BCUT2D eigenvalue weighted by atomic mass is 16.2. The van der Waals surface area contributed by atoms with Crippen LogP contribution in [0.4, 0.5) is 11.4 Å². The van der Waals surface area contributed by atoms with Crippen LogP contribution in [0.1, 0.15) is 39.5 Å². The molecule has 0 saturated heterocycles. The largest absolute Gasteiger partial charge is 0.358 e. The van der Waals surface area contributed by atoms with Crippen molar-refractivity contribution < 1.29 is 9.59 Å². The van der Waals surface area contributed by atoms with E-state index < -0.39 is 0 Å². The molecule has 3 aromatic carbocycles. The fraction of sp³-hybridized carbons (Fsp3) is 0.267. The van der Waals surface area contributed by atoms with E-state index in [0.717, 1.165) is 55.1 Å². The molecule has 0 spiro atoms. The van der Waals surface area contributed by atoms with Gasteiger partial charge in [0.05, 0.1) is 5.57 Å². The Hall–Kier alpha value is -3.90. The highest BCUT2D eigenvalue weighted by molar-refractivity contribution is 6.32. The Kier molecular flexibility index (Phi) is 6.61. The van der Waals surface area contributed by atoms with Crippen LogP contribution >= 0.6 is 0 Å². The Balaban J connectivity index is 1.28. The SMILES string of the molecule is CC(Nc1ccc(CN2CCc3ccccc3CC2)cc1)=C1C(=O)Nc2ccc(C(=O)N(C)C)cc21. The van der Waals surface area contributed by atoms with Gasteiger partial charge in [-0.05, 0) is 66.8 Å². The van der Waals surface area contributed by atoms with Gasteiger partial charge in [-0.2, -0.15) is 0 Å². The number of nitrogens with zero attached hydrogens (tertiary/aromatic N) is 2. The molecule has 0 bridgehead atoms. The van der Waals surface area contributed by atoms with Gasteiger partial charge in [0, 0.05) is 61.9 Å². The fourth-order valence-corrected chi connectivity index (χ4v) is 5.03. The molecule has 3 aromatic rings. The number of hydrogen-bond acceptors (Lipinski definition) is 4. The minimum atomic E-state index is -0.164. The summed E-state index contributed by atoms with van der Waals surface area (Å²) in [5, 5.41) is 6.30. The maximum atomic E-state index is 12.8. The molecule has 5 rings (SSSR count). The maximum absolute atomic E-state index is 12.8. The van der Waals surface area contributed by atoms with Gasteiger partial charge in [0.15, 0.2) is 0 Å². The number of nitrogens with one attached hydrogen (secondary N) is 2. The van der Waals surface area contributed by atoms with Crippen LogP contribution in [0.2, 0.25) is 0 Å². The number of benzene rings is 3. The summed E-state index contributed by atoms with van der Waals surface area (Å²) < 4.78 is 0. The molecule has 6 nitrogen and oxygen atoms in total. The summed E-state index contributed by atoms with van der Waals surface area (Å²) in [4.78, 5) is 29.2. The van der Waals surface area contributed by atoms with Crippen molar-refractivity contribution in [1.29, 1.82) is 0 Å². The molecular weight excluding hydrogens is 448 g/mol. The van der Waals surface area contributed by atoms with Gasteiger partial charge in [-0.1, -0.05) is 36.4 Å². The first kappa shape index (κ1) is 23.8. The van der Waals surface area contributed by atoms with E-state index in [9.17, 15) is 9.59 Å². The van der Waals surface area contributed by atoms with Gasteiger partial charge in [0.1, 0.15) is 0 Å². The lowest BCUT2D eigenvalue weighted by molar-refractivity contribution is -0.110. The number of hydrogen-bond donors (Lipinski definition) is 2. The number of anilines is 2. The van der Waals surface area contributed by atoms with Gasteiger partial charge < -0.3 is 15.5 Å². The number of amides is 2. The Bertz CT molecular complexity index is 1310. The second kappa shape index (κ2) is 9.99.